The van der Waals surface area contributed by atoms with Gasteiger partial charge in [0.1, 0.15) is 0 Å². The molecule has 2 fully saturated rings. The predicted molar refractivity (Wildman–Crippen MR) is 87.7 cm³/mol. The minimum atomic E-state index is 0.00682. The SMILES string of the molecule is C#Cc1cccc2cc(C(=O)NC3CC4CCC3N4)ccc12. The molecule has 2 bridgehead atoms. The van der Waals surface area contributed by atoms with Crippen LogP contribution in [0.4, 0.5) is 0 Å². The third kappa shape index (κ3) is 2.17. The summed E-state index contributed by atoms with van der Waals surface area (Å²) < 4.78 is 0. The third-order valence-corrected chi connectivity index (χ3v) is 4.91. The quantitative estimate of drug-likeness (QED) is 0.834. The van der Waals surface area contributed by atoms with Gasteiger partial charge in [0.2, 0.25) is 0 Å². The highest BCUT2D eigenvalue weighted by Crippen LogP contribution is 2.28. The van der Waals surface area contributed by atoms with Crippen LogP contribution in [-0.4, -0.2) is 24.0 Å². The summed E-state index contributed by atoms with van der Waals surface area (Å²) >= 11 is 0. The Hall–Kier alpha value is -2.31. The summed E-state index contributed by atoms with van der Waals surface area (Å²) in [4.78, 5) is 12.5. The fourth-order valence-electron chi connectivity index (χ4n) is 3.79. The van der Waals surface area contributed by atoms with Gasteiger partial charge in [-0.15, -0.1) is 6.42 Å². The van der Waals surface area contributed by atoms with Gasteiger partial charge >= 0.3 is 0 Å². The molecule has 3 atom stereocenters. The molecule has 110 valence electrons. The van der Waals surface area contributed by atoms with Crippen LogP contribution < -0.4 is 10.6 Å². The van der Waals surface area contributed by atoms with Gasteiger partial charge in [-0.1, -0.05) is 24.1 Å². The van der Waals surface area contributed by atoms with Gasteiger partial charge in [-0.3, -0.25) is 4.79 Å². The average molecular weight is 290 g/mol. The fourth-order valence-corrected chi connectivity index (χ4v) is 3.79. The van der Waals surface area contributed by atoms with Crippen molar-refractivity contribution in [3.8, 4) is 12.3 Å². The zero-order valence-corrected chi connectivity index (χ0v) is 12.3. The highest BCUT2D eigenvalue weighted by molar-refractivity contribution is 5.99. The van der Waals surface area contributed by atoms with Crippen LogP contribution >= 0.6 is 0 Å². The molecule has 22 heavy (non-hydrogen) atoms. The smallest absolute Gasteiger partial charge is 0.251 e. The van der Waals surface area contributed by atoms with E-state index >= 15 is 0 Å². The van der Waals surface area contributed by atoms with Gasteiger partial charge in [0.25, 0.3) is 5.91 Å². The molecular formula is C19H18N2O. The van der Waals surface area contributed by atoms with Crippen LogP contribution in [0.3, 0.4) is 0 Å². The predicted octanol–water partition coefficient (Wildman–Crippen LogP) is 2.44. The molecule has 0 saturated carbocycles. The molecular weight excluding hydrogens is 272 g/mol. The van der Waals surface area contributed by atoms with Gasteiger partial charge in [-0.2, -0.15) is 0 Å². The Morgan fingerprint density at radius 2 is 2.18 bits per heavy atom. The largest absolute Gasteiger partial charge is 0.348 e. The summed E-state index contributed by atoms with van der Waals surface area (Å²) in [6.45, 7) is 0. The number of carbonyl (C=O) groups is 1. The van der Waals surface area contributed by atoms with Crippen molar-refractivity contribution in [1.29, 1.82) is 0 Å². The Bertz CT molecular complexity index is 790. The number of terminal acetylenes is 1. The second-order valence-corrected chi connectivity index (χ2v) is 6.25. The van der Waals surface area contributed by atoms with Gasteiger partial charge in [-0.05, 0) is 48.2 Å². The van der Waals surface area contributed by atoms with E-state index in [4.69, 9.17) is 6.42 Å². The van der Waals surface area contributed by atoms with Crippen molar-refractivity contribution in [2.75, 3.05) is 0 Å². The van der Waals surface area contributed by atoms with E-state index in [0.717, 1.165) is 22.8 Å². The fraction of sp³-hybridized carbons (Fsp3) is 0.316. The molecule has 0 aromatic heterocycles. The highest BCUT2D eigenvalue weighted by Gasteiger charge is 2.39. The van der Waals surface area contributed by atoms with Gasteiger partial charge < -0.3 is 10.6 Å². The standard InChI is InChI=1S/C19H18N2O/c1-2-12-4-3-5-13-10-14(6-8-16(12)13)19(22)21-18-11-15-7-9-17(18)20-15/h1,3-6,8,10,15,17-18,20H,7,9,11H2,(H,21,22). The normalized spacial score (nSPS) is 26.0. The number of rotatable bonds is 2. The summed E-state index contributed by atoms with van der Waals surface area (Å²) in [6.07, 6.45) is 8.97. The molecule has 2 N–H and O–H groups in total. The maximum absolute atomic E-state index is 12.5. The first kappa shape index (κ1) is 13.4. The second-order valence-electron chi connectivity index (χ2n) is 6.25. The summed E-state index contributed by atoms with van der Waals surface area (Å²) in [5.41, 5.74) is 1.56. The summed E-state index contributed by atoms with van der Waals surface area (Å²) in [6, 6.07) is 12.9. The minimum Gasteiger partial charge on any atom is -0.348 e. The number of fused-ring (bicyclic) bond motifs is 3. The molecule has 0 aliphatic carbocycles. The number of nitrogens with one attached hydrogen (secondary N) is 2. The van der Waals surface area contributed by atoms with Crippen molar-refractivity contribution in [3.63, 3.8) is 0 Å². The molecule has 3 heteroatoms. The van der Waals surface area contributed by atoms with E-state index < -0.39 is 0 Å². The lowest BCUT2D eigenvalue weighted by atomic mass is 9.95. The van der Waals surface area contributed by atoms with E-state index in [-0.39, 0.29) is 11.9 Å². The number of hydrogen-bond donors (Lipinski definition) is 2. The van der Waals surface area contributed by atoms with Crippen molar-refractivity contribution in [1.82, 2.24) is 10.6 Å². The van der Waals surface area contributed by atoms with Crippen LogP contribution in [0.1, 0.15) is 35.2 Å². The lowest BCUT2D eigenvalue weighted by Gasteiger charge is -2.21. The molecule has 2 aromatic carbocycles. The summed E-state index contributed by atoms with van der Waals surface area (Å²) in [5, 5.41) is 8.75. The van der Waals surface area contributed by atoms with E-state index in [2.05, 4.69) is 16.6 Å². The first-order valence-corrected chi connectivity index (χ1v) is 7.81. The minimum absolute atomic E-state index is 0.00682. The van der Waals surface area contributed by atoms with Gasteiger partial charge in [0.05, 0.1) is 0 Å². The molecule has 2 saturated heterocycles. The Morgan fingerprint density at radius 3 is 2.91 bits per heavy atom. The van der Waals surface area contributed by atoms with Crippen molar-refractivity contribution in [3.05, 3.63) is 47.5 Å². The number of amides is 1. The van der Waals surface area contributed by atoms with Gasteiger partial charge in [0.15, 0.2) is 0 Å². The van der Waals surface area contributed by atoms with Crippen molar-refractivity contribution >= 4 is 16.7 Å². The lowest BCUT2D eigenvalue weighted by Crippen LogP contribution is -2.42. The highest BCUT2D eigenvalue weighted by atomic mass is 16.1. The second kappa shape index (κ2) is 5.15. The van der Waals surface area contributed by atoms with E-state index in [1.807, 2.05) is 36.4 Å². The zero-order valence-electron chi connectivity index (χ0n) is 12.3. The molecule has 0 radical (unpaired) electrons. The Labute approximate surface area is 130 Å². The molecule has 1 amide bonds. The molecule has 2 aromatic rings. The maximum atomic E-state index is 12.5. The van der Waals surface area contributed by atoms with E-state index in [1.54, 1.807) is 0 Å². The maximum Gasteiger partial charge on any atom is 0.251 e. The zero-order chi connectivity index (χ0) is 15.1. The van der Waals surface area contributed by atoms with Gasteiger partial charge in [0, 0.05) is 29.3 Å². The molecule has 4 rings (SSSR count). The van der Waals surface area contributed by atoms with Crippen molar-refractivity contribution in [2.45, 2.75) is 37.4 Å². The monoisotopic (exact) mass is 290 g/mol. The lowest BCUT2D eigenvalue weighted by molar-refractivity contribution is 0.0931. The van der Waals surface area contributed by atoms with E-state index in [9.17, 15) is 4.79 Å². The summed E-state index contributed by atoms with van der Waals surface area (Å²) in [7, 11) is 0. The Balaban J connectivity index is 1.58. The van der Waals surface area contributed by atoms with Crippen LogP contribution in [0, 0.1) is 12.3 Å². The topological polar surface area (TPSA) is 41.1 Å². The molecule has 2 aliphatic rings. The first-order chi connectivity index (χ1) is 10.7. The molecule has 3 nitrogen and oxygen atoms in total. The molecule has 2 heterocycles. The van der Waals surface area contributed by atoms with Crippen LogP contribution in [0.25, 0.3) is 10.8 Å². The van der Waals surface area contributed by atoms with Crippen LogP contribution in [-0.2, 0) is 0 Å². The average Bonchev–Trinajstić information content (AvgIpc) is 3.16. The van der Waals surface area contributed by atoms with Crippen molar-refractivity contribution in [2.24, 2.45) is 0 Å². The Kier molecular flexibility index (Phi) is 3.13. The van der Waals surface area contributed by atoms with Crippen LogP contribution in [0.2, 0.25) is 0 Å². The number of benzene rings is 2. The van der Waals surface area contributed by atoms with E-state index in [0.29, 0.717) is 17.6 Å². The van der Waals surface area contributed by atoms with Crippen LogP contribution in [0.15, 0.2) is 36.4 Å². The number of carbonyl (C=O) groups excluding carboxylic acids is 1. The number of hydrogen-bond acceptors (Lipinski definition) is 2. The molecule has 2 aliphatic heterocycles. The van der Waals surface area contributed by atoms with Crippen LogP contribution in [0.5, 0.6) is 0 Å². The summed E-state index contributed by atoms with van der Waals surface area (Å²) in [5.74, 6) is 2.69. The van der Waals surface area contributed by atoms with Crippen molar-refractivity contribution < 1.29 is 4.79 Å². The first-order valence-electron chi connectivity index (χ1n) is 7.81. The van der Waals surface area contributed by atoms with Gasteiger partial charge in [-0.25, -0.2) is 0 Å². The molecule has 3 unspecified atom stereocenters. The molecule has 0 spiro atoms. The third-order valence-electron chi connectivity index (χ3n) is 4.91. The Morgan fingerprint density at radius 1 is 1.27 bits per heavy atom. The van der Waals surface area contributed by atoms with E-state index in [1.165, 1.54) is 12.8 Å².